The minimum Gasteiger partial charge on any atom is -0.372 e. The number of ether oxygens (including phenoxy) is 1. The second kappa shape index (κ2) is 6.98. The highest BCUT2D eigenvalue weighted by atomic mass is 32.2. The molecule has 2 bridgehead atoms. The molecular weight excluding hydrogens is 362 g/mol. The van der Waals surface area contributed by atoms with Gasteiger partial charge in [0.2, 0.25) is 10.0 Å². The third-order valence-corrected chi connectivity index (χ3v) is 8.87. The van der Waals surface area contributed by atoms with Crippen molar-refractivity contribution in [2.24, 2.45) is 16.7 Å². The highest BCUT2D eigenvalue weighted by molar-refractivity contribution is 7.89. The molecule has 0 amide bonds. The Morgan fingerprint density at radius 2 is 1.93 bits per heavy atom. The van der Waals surface area contributed by atoms with Crippen LogP contribution in [0.5, 0.6) is 0 Å². The summed E-state index contributed by atoms with van der Waals surface area (Å²) >= 11 is 0. The number of rotatable bonds is 8. The van der Waals surface area contributed by atoms with Gasteiger partial charge in [-0.15, -0.1) is 0 Å². The lowest BCUT2D eigenvalue weighted by atomic mass is 9.70. The standard InChI is InChI=1S/C21H31NO4S/c1-5-21(26-4,16-9-7-6-8-10-16)14-22-27(24,25)15-20-12-11-17(13-18(20)23)19(20,2)3/h6-10,17,22H,5,11-15H2,1-4H3. The molecule has 0 spiro atoms. The smallest absolute Gasteiger partial charge is 0.212 e. The van der Waals surface area contributed by atoms with Crippen LogP contribution in [0.4, 0.5) is 0 Å². The molecule has 0 radical (unpaired) electrons. The van der Waals surface area contributed by atoms with Gasteiger partial charge in [-0.1, -0.05) is 51.1 Å². The van der Waals surface area contributed by atoms with Gasteiger partial charge >= 0.3 is 0 Å². The van der Waals surface area contributed by atoms with Crippen LogP contribution in [0.2, 0.25) is 0 Å². The van der Waals surface area contributed by atoms with Crippen LogP contribution in [0, 0.1) is 16.7 Å². The molecule has 0 aliphatic heterocycles. The van der Waals surface area contributed by atoms with Gasteiger partial charge in [0.15, 0.2) is 0 Å². The third kappa shape index (κ3) is 3.26. The Morgan fingerprint density at radius 1 is 1.26 bits per heavy atom. The number of hydrogen-bond donors (Lipinski definition) is 1. The molecule has 0 saturated heterocycles. The summed E-state index contributed by atoms with van der Waals surface area (Å²) in [6.45, 7) is 6.25. The molecule has 150 valence electrons. The van der Waals surface area contributed by atoms with Crippen molar-refractivity contribution in [3.05, 3.63) is 35.9 Å². The number of carbonyl (C=O) groups is 1. The first-order valence-electron chi connectivity index (χ1n) is 9.74. The fourth-order valence-electron chi connectivity index (χ4n) is 5.22. The van der Waals surface area contributed by atoms with Crippen molar-refractivity contribution in [2.75, 3.05) is 19.4 Å². The van der Waals surface area contributed by atoms with Crippen molar-refractivity contribution in [3.63, 3.8) is 0 Å². The molecule has 1 N–H and O–H groups in total. The Kier molecular flexibility index (Phi) is 5.30. The van der Waals surface area contributed by atoms with E-state index in [-0.39, 0.29) is 23.5 Å². The van der Waals surface area contributed by atoms with Crippen LogP contribution in [0.15, 0.2) is 30.3 Å². The summed E-state index contributed by atoms with van der Waals surface area (Å²) in [7, 11) is -2.02. The summed E-state index contributed by atoms with van der Waals surface area (Å²) in [6, 6.07) is 9.67. The fraction of sp³-hybridized carbons (Fsp3) is 0.667. The maximum absolute atomic E-state index is 13.0. The van der Waals surface area contributed by atoms with Crippen LogP contribution in [0.1, 0.15) is 52.0 Å². The average Bonchev–Trinajstić information content (AvgIpc) is 2.98. The van der Waals surface area contributed by atoms with E-state index in [1.807, 2.05) is 37.3 Å². The van der Waals surface area contributed by atoms with Gasteiger partial charge in [0.05, 0.1) is 5.75 Å². The lowest BCUT2D eigenvalue weighted by Gasteiger charge is -2.37. The molecule has 1 aromatic carbocycles. The molecule has 2 aliphatic carbocycles. The molecule has 2 fully saturated rings. The first kappa shape index (κ1) is 20.5. The van der Waals surface area contributed by atoms with E-state index in [2.05, 4.69) is 18.6 Å². The second-order valence-corrected chi connectivity index (χ2v) is 10.5. The van der Waals surface area contributed by atoms with Crippen LogP contribution in [-0.2, 0) is 25.2 Å². The van der Waals surface area contributed by atoms with E-state index in [1.165, 1.54) is 0 Å². The first-order chi connectivity index (χ1) is 12.6. The van der Waals surface area contributed by atoms with Crippen molar-refractivity contribution < 1.29 is 17.9 Å². The number of hydrogen-bond acceptors (Lipinski definition) is 4. The van der Waals surface area contributed by atoms with E-state index < -0.39 is 21.0 Å². The summed E-state index contributed by atoms with van der Waals surface area (Å²) in [5.41, 5.74) is -0.798. The molecule has 3 rings (SSSR count). The van der Waals surface area contributed by atoms with E-state index in [9.17, 15) is 13.2 Å². The van der Waals surface area contributed by atoms with E-state index in [4.69, 9.17) is 4.74 Å². The highest BCUT2D eigenvalue weighted by Gasteiger charge is 2.65. The molecule has 2 saturated carbocycles. The normalized spacial score (nSPS) is 29.0. The Bertz CT molecular complexity index is 799. The molecule has 0 aromatic heterocycles. The number of fused-ring (bicyclic) bond motifs is 2. The summed E-state index contributed by atoms with van der Waals surface area (Å²) in [5, 5.41) is 0. The van der Waals surface area contributed by atoms with Crippen LogP contribution in [0.3, 0.4) is 0 Å². The van der Waals surface area contributed by atoms with Crippen molar-refractivity contribution in [3.8, 4) is 0 Å². The molecular formula is C21H31NO4S. The summed E-state index contributed by atoms with van der Waals surface area (Å²) in [5.74, 6) is 0.296. The summed E-state index contributed by atoms with van der Waals surface area (Å²) in [4.78, 5) is 12.7. The number of benzene rings is 1. The van der Waals surface area contributed by atoms with Gasteiger partial charge in [0.1, 0.15) is 11.4 Å². The Morgan fingerprint density at radius 3 is 2.41 bits per heavy atom. The number of Topliss-reactive ketones (excluding diaryl/α,β-unsaturated/α-hetero) is 1. The Balaban J connectivity index is 1.80. The molecule has 2 aliphatic rings. The number of sulfonamides is 1. The number of ketones is 1. The Hall–Kier alpha value is -1.24. The predicted molar refractivity (Wildman–Crippen MR) is 106 cm³/mol. The van der Waals surface area contributed by atoms with Gasteiger partial charge < -0.3 is 4.74 Å². The lowest BCUT2D eigenvalue weighted by Crippen LogP contribution is -2.48. The highest BCUT2D eigenvalue weighted by Crippen LogP contribution is 2.64. The molecule has 1 aromatic rings. The maximum Gasteiger partial charge on any atom is 0.212 e. The number of carbonyl (C=O) groups excluding carboxylic acids is 1. The zero-order valence-electron chi connectivity index (χ0n) is 16.7. The van der Waals surface area contributed by atoms with Gasteiger partial charge in [-0.3, -0.25) is 4.79 Å². The molecule has 3 unspecified atom stereocenters. The first-order valence-corrected chi connectivity index (χ1v) is 11.4. The topological polar surface area (TPSA) is 72.5 Å². The third-order valence-electron chi connectivity index (χ3n) is 7.41. The monoisotopic (exact) mass is 393 g/mol. The number of methoxy groups -OCH3 is 1. The zero-order valence-corrected chi connectivity index (χ0v) is 17.6. The van der Waals surface area contributed by atoms with Gasteiger partial charge in [0, 0.05) is 25.5 Å². The minimum absolute atomic E-state index is 0.116. The van der Waals surface area contributed by atoms with Crippen LogP contribution in [0.25, 0.3) is 0 Å². The van der Waals surface area contributed by atoms with E-state index in [1.54, 1.807) is 7.11 Å². The van der Waals surface area contributed by atoms with Crippen molar-refractivity contribution in [1.29, 1.82) is 0 Å². The molecule has 27 heavy (non-hydrogen) atoms. The Labute approximate surface area is 162 Å². The average molecular weight is 394 g/mol. The predicted octanol–water partition coefficient (Wildman–Crippen LogP) is 3.25. The SMILES string of the molecule is CCC(CNS(=O)(=O)CC12CCC(CC1=O)C2(C)C)(OC)c1ccccc1. The van der Waals surface area contributed by atoms with Crippen LogP contribution < -0.4 is 4.72 Å². The molecule has 0 heterocycles. The van der Waals surface area contributed by atoms with Gasteiger partial charge in [-0.25, -0.2) is 13.1 Å². The summed E-state index contributed by atoms with van der Waals surface area (Å²) < 4.78 is 34.5. The number of nitrogens with one attached hydrogen (secondary N) is 1. The maximum atomic E-state index is 13.0. The second-order valence-electron chi connectivity index (χ2n) is 8.66. The largest absolute Gasteiger partial charge is 0.372 e. The minimum atomic E-state index is -3.63. The van der Waals surface area contributed by atoms with Gasteiger partial charge in [0.25, 0.3) is 0 Å². The molecule has 6 heteroatoms. The lowest BCUT2D eigenvalue weighted by molar-refractivity contribution is -0.128. The van der Waals surface area contributed by atoms with E-state index >= 15 is 0 Å². The quantitative estimate of drug-likeness (QED) is 0.736. The molecule has 3 atom stereocenters. The van der Waals surface area contributed by atoms with E-state index in [0.29, 0.717) is 25.2 Å². The zero-order chi connectivity index (χ0) is 19.9. The van der Waals surface area contributed by atoms with Gasteiger partial charge in [-0.2, -0.15) is 0 Å². The molecule has 5 nitrogen and oxygen atoms in total. The van der Waals surface area contributed by atoms with Gasteiger partial charge in [-0.05, 0) is 36.2 Å². The van der Waals surface area contributed by atoms with Crippen molar-refractivity contribution in [2.45, 2.75) is 52.1 Å². The summed E-state index contributed by atoms with van der Waals surface area (Å²) in [6.07, 6.45) is 2.76. The van der Waals surface area contributed by atoms with Crippen LogP contribution in [-0.4, -0.2) is 33.6 Å². The van der Waals surface area contributed by atoms with Crippen molar-refractivity contribution >= 4 is 15.8 Å². The van der Waals surface area contributed by atoms with E-state index in [0.717, 1.165) is 12.0 Å². The van der Waals surface area contributed by atoms with Crippen LogP contribution >= 0.6 is 0 Å². The fourth-order valence-corrected chi connectivity index (χ4v) is 7.10. The van der Waals surface area contributed by atoms with Crippen molar-refractivity contribution in [1.82, 2.24) is 4.72 Å².